The minimum absolute atomic E-state index is 0.188. The summed E-state index contributed by atoms with van der Waals surface area (Å²) in [6.07, 6.45) is 0. The van der Waals surface area contributed by atoms with E-state index in [0.717, 1.165) is 5.56 Å². The zero-order chi connectivity index (χ0) is 19.8. The van der Waals surface area contributed by atoms with Crippen LogP contribution in [0.15, 0.2) is 53.1 Å². The molecular weight excluding hydrogens is 358 g/mol. The van der Waals surface area contributed by atoms with Crippen LogP contribution >= 0.6 is 0 Å². The van der Waals surface area contributed by atoms with Crippen LogP contribution in [0.2, 0.25) is 0 Å². The maximum Gasteiger partial charge on any atom is 0.261 e. The number of nitrogens with zero attached hydrogens (tertiary/aromatic N) is 2. The fourth-order valence-corrected chi connectivity index (χ4v) is 3.19. The maximum atomic E-state index is 12.8. The van der Waals surface area contributed by atoms with Gasteiger partial charge in [0.2, 0.25) is 0 Å². The molecule has 0 atom stereocenters. The Morgan fingerprint density at radius 3 is 2.43 bits per heavy atom. The molecule has 0 unspecified atom stereocenters. The lowest BCUT2D eigenvalue weighted by Crippen LogP contribution is -2.29. The van der Waals surface area contributed by atoms with Gasteiger partial charge in [0.05, 0.1) is 17.7 Å². The molecule has 2 heterocycles. The Morgan fingerprint density at radius 1 is 1.04 bits per heavy atom. The Kier molecular flexibility index (Phi) is 4.27. The lowest BCUT2D eigenvalue weighted by molar-refractivity contribution is 0.0642. The molecule has 4 rings (SSSR count). The van der Waals surface area contributed by atoms with Gasteiger partial charge in [0.25, 0.3) is 17.7 Å². The molecule has 28 heavy (non-hydrogen) atoms. The van der Waals surface area contributed by atoms with Gasteiger partial charge in [-0.3, -0.25) is 19.3 Å². The van der Waals surface area contributed by atoms with Gasteiger partial charge in [-0.15, -0.1) is 0 Å². The lowest BCUT2D eigenvalue weighted by Gasteiger charge is -2.13. The average molecular weight is 375 g/mol. The Hall–Kier alpha value is -3.74. The summed E-state index contributed by atoms with van der Waals surface area (Å²) in [6.45, 7) is 3.61. The standard InChI is InChI=1S/C21H17N3O4/c1-12-18(13(2)28-23-12)22-19(25)15-8-9-16-17(10-15)21(27)24(20(16)26)11-14-6-4-3-5-7-14/h3-10H,11H2,1-2H3,(H,22,25). The SMILES string of the molecule is Cc1noc(C)c1NC(=O)c1ccc2c(c1)C(=O)N(Cc1ccccc1)C2=O. The summed E-state index contributed by atoms with van der Waals surface area (Å²) >= 11 is 0. The van der Waals surface area contributed by atoms with Crippen molar-refractivity contribution in [3.05, 3.63) is 82.2 Å². The van der Waals surface area contributed by atoms with Gasteiger partial charge in [0.1, 0.15) is 11.4 Å². The quantitative estimate of drug-likeness (QED) is 0.706. The highest BCUT2D eigenvalue weighted by molar-refractivity contribution is 6.22. The van der Waals surface area contributed by atoms with Gasteiger partial charge in [-0.2, -0.15) is 0 Å². The van der Waals surface area contributed by atoms with Crippen LogP contribution < -0.4 is 5.32 Å². The third-order valence-corrected chi connectivity index (χ3v) is 4.69. The molecule has 1 aliphatic heterocycles. The maximum absolute atomic E-state index is 12.8. The first-order chi connectivity index (χ1) is 13.5. The van der Waals surface area contributed by atoms with E-state index in [9.17, 15) is 14.4 Å². The normalized spacial score (nSPS) is 13.0. The molecule has 0 aliphatic carbocycles. The second-order valence-electron chi connectivity index (χ2n) is 6.60. The van der Waals surface area contributed by atoms with Gasteiger partial charge in [-0.05, 0) is 37.6 Å². The first-order valence-electron chi connectivity index (χ1n) is 8.74. The van der Waals surface area contributed by atoms with Crippen molar-refractivity contribution in [2.24, 2.45) is 0 Å². The van der Waals surface area contributed by atoms with Crippen LogP contribution in [0.25, 0.3) is 0 Å². The first kappa shape index (κ1) is 17.7. The Bertz CT molecular complexity index is 1080. The van der Waals surface area contributed by atoms with E-state index in [1.807, 2.05) is 30.3 Å². The predicted molar refractivity (Wildman–Crippen MR) is 101 cm³/mol. The smallest absolute Gasteiger partial charge is 0.261 e. The van der Waals surface area contributed by atoms with Crippen LogP contribution in [-0.2, 0) is 6.54 Å². The Labute approximate surface area is 160 Å². The molecule has 0 fully saturated rings. The Balaban J connectivity index is 1.59. The van der Waals surface area contributed by atoms with E-state index in [-0.39, 0.29) is 23.6 Å². The first-order valence-corrected chi connectivity index (χ1v) is 8.74. The molecular formula is C21H17N3O4. The molecule has 0 spiro atoms. The van der Waals surface area contributed by atoms with Gasteiger partial charge in [-0.1, -0.05) is 35.5 Å². The number of imide groups is 1. The van der Waals surface area contributed by atoms with E-state index in [4.69, 9.17) is 4.52 Å². The number of fused-ring (bicyclic) bond motifs is 1. The van der Waals surface area contributed by atoms with Gasteiger partial charge < -0.3 is 9.84 Å². The van der Waals surface area contributed by atoms with Gasteiger partial charge in [0, 0.05) is 5.56 Å². The van der Waals surface area contributed by atoms with E-state index in [1.165, 1.54) is 23.1 Å². The fourth-order valence-electron chi connectivity index (χ4n) is 3.19. The molecule has 0 bridgehead atoms. The van der Waals surface area contributed by atoms with Crippen molar-refractivity contribution >= 4 is 23.4 Å². The molecule has 140 valence electrons. The number of hydrogen-bond acceptors (Lipinski definition) is 5. The largest absolute Gasteiger partial charge is 0.359 e. The monoisotopic (exact) mass is 375 g/mol. The highest BCUT2D eigenvalue weighted by Crippen LogP contribution is 2.26. The van der Waals surface area contributed by atoms with E-state index in [1.54, 1.807) is 13.8 Å². The number of hydrogen-bond donors (Lipinski definition) is 1. The summed E-state index contributed by atoms with van der Waals surface area (Å²) in [6, 6.07) is 13.8. The number of amides is 3. The molecule has 2 aromatic carbocycles. The molecule has 0 saturated carbocycles. The zero-order valence-electron chi connectivity index (χ0n) is 15.4. The molecule has 3 aromatic rings. The summed E-state index contributed by atoms with van der Waals surface area (Å²) < 4.78 is 5.04. The van der Waals surface area contributed by atoms with Crippen LogP contribution in [0, 0.1) is 13.8 Å². The van der Waals surface area contributed by atoms with Gasteiger partial charge >= 0.3 is 0 Å². The number of anilines is 1. The number of carbonyl (C=O) groups is 3. The molecule has 3 amide bonds. The van der Waals surface area contributed by atoms with Gasteiger partial charge in [0.15, 0.2) is 5.76 Å². The molecule has 7 nitrogen and oxygen atoms in total. The second kappa shape index (κ2) is 6.77. The molecule has 0 radical (unpaired) electrons. The van der Waals surface area contributed by atoms with Crippen molar-refractivity contribution in [1.82, 2.24) is 10.1 Å². The fraction of sp³-hybridized carbons (Fsp3) is 0.143. The van der Waals surface area contributed by atoms with Crippen LogP contribution in [0.4, 0.5) is 5.69 Å². The second-order valence-corrected chi connectivity index (χ2v) is 6.60. The summed E-state index contributed by atoms with van der Waals surface area (Å²) in [4.78, 5) is 39.2. The number of rotatable bonds is 4. The predicted octanol–water partition coefficient (Wildman–Crippen LogP) is 3.34. The van der Waals surface area contributed by atoms with Crippen LogP contribution in [0.1, 0.15) is 48.1 Å². The summed E-state index contributed by atoms with van der Waals surface area (Å²) in [7, 11) is 0. The van der Waals surface area contributed by atoms with E-state index >= 15 is 0 Å². The summed E-state index contributed by atoms with van der Waals surface area (Å²) in [5, 5.41) is 6.54. The van der Waals surface area contributed by atoms with Crippen molar-refractivity contribution in [2.75, 3.05) is 5.32 Å². The minimum atomic E-state index is -0.407. The van der Waals surface area contributed by atoms with Gasteiger partial charge in [-0.25, -0.2) is 0 Å². The van der Waals surface area contributed by atoms with Crippen LogP contribution in [-0.4, -0.2) is 27.8 Å². The molecule has 0 saturated heterocycles. The number of benzene rings is 2. The average Bonchev–Trinajstić information content (AvgIpc) is 3.14. The molecule has 7 heteroatoms. The third kappa shape index (κ3) is 2.96. The number of aryl methyl sites for hydroxylation is 2. The molecule has 1 aliphatic rings. The highest BCUT2D eigenvalue weighted by Gasteiger charge is 2.36. The Morgan fingerprint density at radius 2 is 1.75 bits per heavy atom. The minimum Gasteiger partial charge on any atom is -0.359 e. The molecule has 1 aromatic heterocycles. The summed E-state index contributed by atoms with van der Waals surface area (Å²) in [5.74, 6) is -0.677. The number of aromatic nitrogens is 1. The van der Waals surface area contributed by atoms with Crippen molar-refractivity contribution < 1.29 is 18.9 Å². The van der Waals surface area contributed by atoms with Crippen LogP contribution in [0.5, 0.6) is 0 Å². The van der Waals surface area contributed by atoms with Crippen molar-refractivity contribution in [1.29, 1.82) is 0 Å². The molecule has 1 N–H and O–H groups in total. The van der Waals surface area contributed by atoms with Crippen molar-refractivity contribution in [3.63, 3.8) is 0 Å². The number of carbonyl (C=O) groups excluding carboxylic acids is 3. The third-order valence-electron chi connectivity index (χ3n) is 4.69. The topological polar surface area (TPSA) is 92.5 Å². The lowest BCUT2D eigenvalue weighted by atomic mass is 10.1. The highest BCUT2D eigenvalue weighted by atomic mass is 16.5. The zero-order valence-corrected chi connectivity index (χ0v) is 15.4. The van der Waals surface area contributed by atoms with E-state index in [2.05, 4.69) is 10.5 Å². The van der Waals surface area contributed by atoms with E-state index in [0.29, 0.717) is 22.7 Å². The summed E-state index contributed by atoms with van der Waals surface area (Å²) in [5.41, 5.74) is 2.72. The van der Waals surface area contributed by atoms with Crippen LogP contribution in [0.3, 0.4) is 0 Å². The van der Waals surface area contributed by atoms with Crippen molar-refractivity contribution in [2.45, 2.75) is 20.4 Å². The number of nitrogens with one attached hydrogen (secondary N) is 1. The van der Waals surface area contributed by atoms with E-state index < -0.39 is 11.8 Å². The van der Waals surface area contributed by atoms with Crippen molar-refractivity contribution in [3.8, 4) is 0 Å².